The summed E-state index contributed by atoms with van der Waals surface area (Å²) in [7, 11) is 1.63. The van der Waals surface area contributed by atoms with Crippen molar-refractivity contribution in [3.05, 3.63) is 28.9 Å². The summed E-state index contributed by atoms with van der Waals surface area (Å²) >= 11 is 2.97. The van der Waals surface area contributed by atoms with Crippen LogP contribution in [0.2, 0.25) is 0 Å². The number of anilines is 2. The predicted octanol–water partition coefficient (Wildman–Crippen LogP) is 2.76. The van der Waals surface area contributed by atoms with Gasteiger partial charge in [0.05, 0.1) is 29.0 Å². The molecule has 1 saturated heterocycles. The number of ether oxygens (including phenoxy) is 1. The van der Waals surface area contributed by atoms with Crippen molar-refractivity contribution in [1.82, 2.24) is 24.5 Å². The van der Waals surface area contributed by atoms with E-state index in [4.69, 9.17) is 4.74 Å². The molecule has 1 atom stereocenters. The Bertz CT molecular complexity index is 1350. The number of amides is 1. The molecule has 1 aliphatic heterocycles. The number of aromatic nitrogens is 4. The zero-order valence-corrected chi connectivity index (χ0v) is 18.9. The molecule has 0 saturated carbocycles. The van der Waals surface area contributed by atoms with Crippen molar-refractivity contribution in [2.24, 2.45) is 5.92 Å². The van der Waals surface area contributed by atoms with Crippen molar-refractivity contribution in [2.45, 2.75) is 25.4 Å². The van der Waals surface area contributed by atoms with Crippen LogP contribution in [0.25, 0.3) is 20.4 Å². The van der Waals surface area contributed by atoms with E-state index in [1.165, 1.54) is 22.0 Å². The van der Waals surface area contributed by atoms with E-state index >= 15 is 0 Å². The third kappa shape index (κ3) is 3.19. The van der Waals surface area contributed by atoms with Gasteiger partial charge in [0, 0.05) is 30.0 Å². The summed E-state index contributed by atoms with van der Waals surface area (Å²) in [6.07, 6.45) is 3.50. The number of rotatable bonds is 4. The molecule has 2 N–H and O–H groups in total. The number of likely N-dealkylation sites (tertiary alicyclic amines) is 1. The Balaban J connectivity index is 1.34. The van der Waals surface area contributed by atoms with Crippen molar-refractivity contribution in [2.75, 3.05) is 25.5 Å². The largest absolute Gasteiger partial charge is 0.494 e. The van der Waals surface area contributed by atoms with Crippen LogP contribution in [-0.2, 0) is 17.6 Å². The summed E-state index contributed by atoms with van der Waals surface area (Å²) in [5.41, 5.74) is 2.81. The molecule has 1 aromatic carbocycles. The maximum Gasteiger partial charge on any atom is 0.226 e. The third-order valence-corrected chi connectivity index (χ3v) is 8.04. The Morgan fingerprint density at radius 2 is 2.19 bits per heavy atom. The highest BCUT2D eigenvalue weighted by Crippen LogP contribution is 2.42. The summed E-state index contributed by atoms with van der Waals surface area (Å²) in [6, 6.07) is 3.84. The van der Waals surface area contributed by atoms with Gasteiger partial charge in [-0.3, -0.25) is 4.79 Å². The highest BCUT2D eigenvalue weighted by Gasteiger charge is 2.36. The molecule has 6 rings (SSSR count). The average molecular weight is 469 g/mol. The highest BCUT2D eigenvalue weighted by molar-refractivity contribution is 7.19. The number of benzene rings is 1. The SMILES string of the molecule is COc1cc2nnsc2cc1Nc1ncnc2sc3c(c12)CC[C@H](C(=O)N1CC(O)C1)C3. The van der Waals surface area contributed by atoms with Crippen LogP contribution in [0.15, 0.2) is 18.5 Å². The fourth-order valence-electron chi connectivity index (χ4n) is 4.51. The molecule has 3 aromatic heterocycles. The second-order valence-electron chi connectivity index (χ2n) is 8.16. The number of thiophene rings is 1. The quantitative estimate of drug-likeness (QED) is 0.470. The molecule has 2 aliphatic rings. The van der Waals surface area contributed by atoms with Gasteiger partial charge in [-0.05, 0) is 42.4 Å². The minimum absolute atomic E-state index is 0.0336. The number of β-amino-alcohol motifs (C(OH)–C–C–N with tert-alkyl or cyclic N) is 1. The number of aliphatic hydroxyl groups is 1. The first kappa shape index (κ1) is 19.8. The van der Waals surface area contributed by atoms with Gasteiger partial charge < -0.3 is 20.1 Å². The Kier molecular flexibility index (Phi) is 4.70. The molecule has 9 nitrogen and oxygen atoms in total. The fraction of sp³-hybridized carbons (Fsp3) is 0.381. The van der Waals surface area contributed by atoms with Crippen molar-refractivity contribution in [3.8, 4) is 5.75 Å². The lowest BCUT2D eigenvalue weighted by molar-refractivity contribution is -0.146. The minimum Gasteiger partial charge on any atom is -0.494 e. The van der Waals surface area contributed by atoms with Gasteiger partial charge in [-0.1, -0.05) is 4.49 Å². The van der Waals surface area contributed by atoms with Gasteiger partial charge in [-0.2, -0.15) is 0 Å². The van der Waals surface area contributed by atoms with Crippen molar-refractivity contribution >= 4 is 60.7 Å². The van der Waals surface area contributed by atoms with E-state index in [0.29, 0.717) is 25.3 Å². The summed E-state index contributed by atoms with van der Waals surface area (Å²) in [4.78, 5) is 25.7. The Hall–Kier alpha value is -2.89. The average Bonchev–Trinajstić information content (AvgIpc) is 3.39. The van der Waals surface area contributed by atoms with Crippen molar-refractivity contribution in [3.63, 3.8) is 0 Å². The number of aryl methyl sites for hydroxylation is 1. The molecule has 4 heterocycles. The number of carbonyl (C=O) groups excluding carboxylic acids is 1. The molecular weight excluding hydrogens is 448 g/mol. The highest BCUT2D eigenvalue weighted by atomic mass is 32.1. The molecule has 0 unspecified atom stereocenters. The van der Waals surface area contributed by atoms with Crippen LogP contribution in [0, 0.1) is 5.92 Å². The zero-order valence-electron chi connectivity index (χ0n) is 17.2. The van der Waals surface area contributed by atoms with Crippen molar-refractivity contribution < 1.29 is 14.6 Å². The zero-order chi connectivity index (χ0) is 21.8. The fourth-order valence-corrected chi connectivity index (χ4v) is 6.36. The van der Waals surface area contributed by atoms with Crippen LogP contribution in [0.5, 0.6) is 5.75 Å². The standard InChI is InChI=1S/C21H20N6O3S2/c1-30-15-5-14-17(32-26-25-14)6-13(15)24-19-18-12-3-2-10(21(29)27-7-11(28)8-27)4-16(12)31-20(18)23-9-22-19/h5-6,9-11,28H,2-4,7-8H2,1H3,(H,22,23,24)/t10-/m0/s1. The van der Waals surface area contributed by atoms with E-state index in [1.54, 1.807) is 29.7 Å². The summed E-state index contributed by atoms with van der Waals surface area (Å²) in [6.45, 7) is 0.908. The molecule has 11 heteroatoms. The summed E-state index contributed by atoms with van der Waals surface area (Å²) in [5, 5.41) is 18.1. The number of carbonyl (C=O) groups is 1. The van der Waals surface area contributed by atoms with Crippen LogP contribution < -0.4 is 10.1 Å². The lowest BCUT2D eigenvalue weighted by Gasteiger charge is -2.38. The van der Waals surface area contributed by atoms with Gasteiger partial charge in [0.1, 0.15) is 28.2 Å². The number of nitrogens with zero attached hydrogens (tertiary/aromatic N) is 5. The maximum atomic E-state index is 12.8. The van der Waals surface area contributed by atoms with Gasteiger partial charge in [0.15, 0.2) is 0 Å². The monoisotopic (exact) mass is 468 g/mol. The molecule has 4 aromatic rings. The molecule has 0 spiro atoms. The molecule has 164 valence electrons. The number of fused-ring (bicyclic) bond motifs is 4. The van der Waals surface area contributed by atoms with Gasteiger partial charge in [-0.15, -0.1) is 16.4 Å². The summed E-state index contributed by atoms with van der Waals surface area (Å²) < 4.78 is 10.5. The van der Waals surface area contributed by atoms with E-state index in [1.807, 2.05) is 12.1 Å². The van der Waals surface area contributed by atoms with Gasteiger partial charge >= 0.3 is 0 Å². The molecule has 32 heavy (non-hydrogen) atoms. The second kappa shape index (κ2) is 7.61. The van der Waals surface area contributed by atoms with Crippen LogP contribution in [0.4, 0.5) is 11.5 Å². The number of nitrogens with one attached hydrogen (secondary N) is 1. The van der Waals surface area contributed by atoms with Crippen molar-refractivity contribution in [1.29, 1.82) is 0 Å². The second-order valence-corrected chi connectivity index (χ2v) is 10.0. The van der Waals surface area contributed by atoms with Crippen LogP contribution in [0.1, 0.15) is 16.9 Å². The number of methoxy groups -OCH3 is 1. The van der Waals surface area contributed by atoms with Gasteiger partial charge in [0.2, 0.25) is 5.91 Å². The first-order chi connectivity index (χ1) is 15.6. The molecule has 1 aliphatic carbocycles. The molecular formula is C21H20N6O3S2. The number of aliphatic hydroxyl groups excluding tert-OH is 1. The molecule has 0 radical (unpaired) electrons. The van der Waals surface area contributed by atoms with E-state index in [0.717, 1.165) is 44.8 Å². The lowest BCUT2D eigenvalue weighted by atomic mass is 9.86. The topological polar surface area (TPSA) is 113 Å². The Morgan fingerprint density at radius 1 is 1.31 bits per heavy atom. The Labute approximate surface area is 191 Å². The third-order valence-electron chi connectivity index (χ3n) is 6.19. The molecule has 1 fully saturated rings. The van der Waals surface area contributed by atoms with E-state index in [2.05, 4.69) is 24.9 Å². The van der Waals surface area contributed by atoms with Crippen LogP contribution in [0.3, 0.4) is 0 Å². The maximum absolute atomic E-state index is 12.8. The van der Waals surface area contributed by atoms with E-state index in [-0.39, 0.29) is 17.9 Å². The number of hydrogen-bond donors (Lipinski definition) is 2. The first-order valence-corrected chi connectivity index (χ1v) is 12.0. The first-order valence-electron chi connectivity index (χ1n) is 10.4. The van der Waals surface area contributed by atoms with E-state index < -0.39 is 0 Å². The molecule has 1 amide bonds. The minimum atomic E-state index is -0.372. The van der Waals surface area contributed by atoms with E-state index in [9.17, 15) is 9.90 Å². The predicted molar refractivity (Wildman–Crippen MR) is 123 cm³/mol. The van der Waals surface area contributed by atoms with Gasteiger partial charge in [0.25, 0.3) is 0 Å². The van der Waals surface area contributed by atoms with Crippen LogP contribution in [-0.4, -0.2) is 61.8 Å². The number of hydrogen-bond acceptors (Lipinski definition) is 10. The smallest absolute Gasteiger partial charge is 0.226 e. The normalized spacial score (nSPS) is 18.6. The van der Waals surface area contributed by atoms with Crippen LogP contribution >= 0.6 is 22.9 Å². The molecule has 0 bridgehead atoms. The Morgan fingerprint density at radius 3 is 3.00 bits per heavy atom. The summed E-state index contributed by atoms with van der Waals surface area (Å²) in [5.74, 6) is 1.52. The lowest BCUT2D eigenvalue weighted by Crippen LogP contribution is -2.55. The van der Waals surface area contributed by atoms with Gasteiger partial charge in [-0.25, -0.2) is 9.97 Å².